The molecular weight excluding hydrogens is 259 g/mol. The number of ether oxygens (including phenoxy) is 1. The van der Waals surface area contributed by atoms with Gasteiger partial charge < -0.3 is 4.74 Å². The molecule has 102 valence electrons. The van der Waals surface area contributed by atoms with Crippen molar-refractivity contribution in [2.75, 3.05) is 6.61 Å². The number of hydrogen-bond donors (Lipinski definition) is 0. The van der Waals surface area contributed by atoms with Crippen molar-refractivity contribution in [3.63, 3.8) is 0 Å². The lowest BCUT2D eigenvalue weighted by Crippen LogP contribution is -2.12. The molecule has 0 amide bonds. The zero-order valence-corrected chi connectivity index (χ0v) is 10.5. The van der Waals surface area contributed by atoms with Gasteiger partial charge in [0.25, 0.3) is 0 Å². The fraction of sp³-hybridized carbons (Fsp3) is 0.385. The number of alkyl halides is 3. The second-order valence-electron chi connectivity index (χ2n) is 3.91. The molecule has 0 saturated carbocycles. The Balaban J connectivity index is 3.22. The normalized spacial score (nSPS) is 10.9. The largest absolute Gasteiger partial charge is 0.466 e. The zero-order chi connectivity index (χ0) is 14.6. The van der Waals surface area contributed by atoms with Crippen molar-refractivity contribution in [3.05, 3.63) is 34.4 Å². The smallest absolute Gasteiger partial charge is 0.416 e. The van der Waals surface area contributed by atoms with E-state index in [4.69, 9.17) is 5.26 Å². The van der Waals surface area contributed by atoms with Gasteiger partial charge in [-0.1, -0.05) is 0 Å². The summed E-state index contributed by atoms with van der Waals surface area (Å²) < 4.78 is 43.1. The van der Waals surface area contributed by atoms with Gasteiger partial charge in [-0.15, -0.1) is 0 Å². The van der Waals surface area contributed by atoms with Crippen LogP contribution in [0, 0.1) is 18.3 Å². The Bertz CT molecular complexity index is 530. The average molecular weight is 271 g/mol. The summed E-state index contributed by atoms with van der Waals surface area (Å²) in [5, 5.41) is 8.84. The maximum Gasteiger partial charge on any atom is 0.416 e. The summed E-state index contributed by atoms with van der Waals surface area (Å²) in [6.45, 7) is 2.99. The summed E-state index contributed by atoms with van der Waals surface area (Å²) in [5.41, 5.74) is -1.00. The molecule has 0 atom stereocenters. The van der Waals surface area contributed by atoms with Crippen LogP contribution in [0.4, 0.5) is 13.2 Å². The Morgan fingerprint density at radius 2 is 2.05 bits per heavy atom. The van der Waals surface area contributed by atoms with Crippen molar-refractivity contribution in [1.82, 2.24) is 0 Å². The van der Waals surface area contributed by atoms with Gasteiger partial charge in [0.1, 0.15) is 0 Å². The van der Waals surface area contributed by atoms with Crippen LogP contribution >= 0.6 is 0 Å². The van der Waals surface area contributed by atoms with Crippen molar-refractivity contribution in [1.29, 1.82) is 5.26 Å². The SMILES string of the molecule is CCOC(=O)Cc1cc(C#N)c(C)c(C(F)(F)F)c1. The highest BCUT2D eigenvalue weighted by atomic mass is 19.4. The first-order chi connectivity index (χ1) is 8.79. The molecule has 0 fully saturated rings. The minimum absolute atomic E-state index is 0.0888. The molecule has 6 heteroatoms. The molecular formula is C13H12F3NO2. The fourth-order valence-electron chi connectivity index (χ4n) is 1.67. The molecule has 0 saturated heterocycles. The maximum absolute atomic E-state index is 12.8. The molecule has 0 aliphatic heterocycles. The molecule has 0 spiro atoms. The first-order valence-corrected chi connectivity index (χ1v) is 5.56. The number of nitriles is 1. The first kappa shape index (κ1) is 15.0. The number of nitrogens with zero attached hydrogens (tertiary/aromatic N) is 1. The van der Waals surface area contributed by atoms with Crippen molar-refractivity contribution in [2.24, 2.45) is 0 Å². The van der Waals surface area contributed by atoms with Crippen LogP contribution in [-0.2, 0) is 22.1 Å². The highest BCUT2D eigenvalue weighted by molar-refractivity contribution is 5.73. The number of halogens is 3. The van der Waals surface area contributed by atoms with E-state index in [9.17, 15) is 18.0 Å². The van der Waals surface area contributed by atoms with Gasteiger partial charge in [-0.2, -0.15) is 18.4 Å². The van der Waals surface area contributed by atoms with Crippen LogP contribution in [0.25, 0.3) is 0 Å². The van der Waals surface area contributed by atoms with E-state index >= 15 is 0 Å². The van der Waals surface area contributed by atoms with Crippen molar-refractivity contribution >= 4 is 5.97 Å². The van der Waals surface area contributed by atoms with E-state index < -0.39 is 17.7 Å². The number of carbonyl (C=O) groups is 1. The predicted octanol–water partition coefficient (Wildman–Crippen LogP) is 2.99. The Kier molecular flexibility index (Phi) is 4.54. The zero-order valence-electron chi connectivity index (χ0n) is 10.5. The van der Waals surface area contributed by atoms with Gasteiger partial charge in [0.15, 0.2) is 0 Å². The third-order valence-corrected chi connectivity index (χ3v) is 2.55. The minimum atomic E-state index is -4.56. The topological polar surface area (TPSA) is 50.1 Å². The number of carbonyl (C=O) groups excluding carboxylic acids is 1. The third kappa shape index (κ3) is 3.71. The van der Waals surface area contributed by atoms with E-state index in [0.717, 1.165) is 6.07 Å². The Morgan fingerprint density at radius 1 is 1.42 bits per heavy atom. The first-order valence-electron chi connectivity index (χ1n) is 5.56. The summed E-state index contributed by atoms with van der Waals surface area (Å²) in [6, 6.07) is 3.86. The van der Waals surface area contributed by atoms with Crippen LogP contribution < -0.4 is 0 Å². The van der Waals surface area contributed by atoms with Crippen molar-refractivity contribution in [3.8, 4) is 6.07 Å². The molecule has 0 aromatic heterocycles. The molecule has 1 rings (SSSR count). The summed E-state index contributed by atoms with van der Waals surface area (Å²) >= 11 is 0. The van der Waals surface area contributed by atoms with Crippen LogP contribution in [0.2, 0.25) is 0 Å². The van der Waals surface area contributed by atoms with Crippen LogP contribution in [0.1, 0.15) is 29.2 Å². The minimum Gasteiger partial charge on any atom is -0.466 e. The second kappa shape index (κ2) is 5.74. The Labute approximate surface area is 108 Å². The summed E-state index contributed by atoms with van der Waals surface area (Å²) in [6.07, 6.45) is -4.84. The van der Waals surface area contributed by atoms with Gasteiger partial charge in [0.05, 0.1) is 30.2 Å². The number of hydrogen-bond acceptors (Lipinski definition) is 3. The van der Waals surface area contributed by atoms with Gasteiger partial charge in [-0.3, -0.25) is 4.79 Å². The lowest BCUT2D eigenvalue weighted by atomic mass is 9.97. The number of benzene rings is 1. The predicted molar refractivity (Wildman–Crippen MR) is 61.2 cm³/mol. The molecule has 1 aromatic rings. The second-order valence-corrected chi connectivity index (χ2v) is 3.91. The van der Waals surface area contributed by atoms with Crippen molar-refractivity contribution < 1.29 is 22.7 Å². The molecule has 0 N–H and O–H groups in total. The van der Waals surface area contributed by atoms with Crippen LogP contribution in [0.5, 0.6) is 0 Å². The van der Waals surface area contributed by atoms with Crippen LogP contribution in [0.3, 0.4) is 0 Å². The fourth-order valence-corrected chi connectivity index (χ4v) is 1.67. The standard InChI is InChI=1S/C13H12F3NO2/c1-3-19-12(18)6-9-4-10(7-17)8(2)11(5-9)13(14,15)16/h4-5H,3,6H2,1-2H3. The van der Waals surface area contributed by atoms with Crippen LogP contribution in [-0.4, -0.2) is 12.6 Å². The maximum atomic E-state index is 12.8. The molecule has 0 radical (unpaired) electrons. The van der Waals surface area contributed by atoms with Crippen LogP contribution in [0.15, 0.2) is 12.1 Å². The molecule has 19 heavy (non-hydrogen) atoms. The molecule has 0 heterocycles. The average Bonchev–Trinajstić information content (AvgIpc) is 2.30. The molecule has 0 bridgehead atoms. The van der Waals surface area contributed by atoms with Gasteiger partial charge in [0, 0.05) is 0 Å². The monoisotopic (exact) mass is 271 g/mol. The van der Waals surface area contributed by atoms with E-state index in [1.807, 2.05) is 0 Å². The highest BCUT2D eigenvalue weighted by Crippen LogP contribution is 2.34. The summed E-state index contributed by atoms with van der Waals surface area (Å²) in [7, 11) is 0. The van der Waals surface area contributed by atoms with Gasteiger partial charge in [0.2, 0.25) is 0 Å². The van der Waals surface area contributed by atoms with E-state index in [1.165, 1.54) is 13.0 Å². The molecule has 0 aliphatic carbocycles. The number of rotatable bonds is 3. The summed E-state index contributed by atoms with van der Waals surface area (Å²) in [5.74, 6) is -0.622. The quantitative estimate of drug-likeness (QED) is 0.794. The van der Waals surface area contributed by atoms with E-state index in [-0.39, 0.29) is 29.7 Å². The number of esters is 1. The van der Waals surface area contributed by atoms with Gasteiger partial charge in [-0.25, -0.2) is 0 Å². The summed E-state index contributed by atoms with van der Waals surface area (Å²) in [4.78, 5) is 11.3. The van der Waals surface area contributed by atoms with Gasteiger partial charge >= 0.3 is 12.1 Å². The lowest BCUT2D eigenvalue weighted by molar-refractivity contribution is -0.142. The van der Waals surface area contributed by atoms with Crippen molar-refractivity contribution in [2.45, 2.75) is 26.4 Å². The van der Waals surface area contributed by atoms with E-state index in [2.05, 4.69) is 4.74 Å². The Morgan fingerprint density at radius 3 is 2.53 bits per heavy atom. The molecule has 1 aromatic carbocycles. The lowest BCUT2D eigenvalue weighted by Gasteiger charge is -2.13. The Hall–Kier alpha value is -2.03. The van der Waals surface area contributed by atoms with E-state index in [0.29, 0.717) is 0 Å². The molecule has 0 unspecified atom stereocenters. The molecule has 0 aliphatic rings. The molecule has 3 nitrogen and oxygen atoms in total. The van der Waals surface area contributed by atoms with Gasteiger partial charge in [-0.05, 0) is 37.1 Å². The third-order valence-electron chi connectivity index (χ3n) is 2.55. The van der Waals surface area contributed by atoms with E-state index in [1.54, 1.807) is 13.0 Å². The highest BCUT2D eigenvalue weighted by Gasteiger charge is 2.33.